The van der Waals surface area contributed by atoms with E-state index in [4.69, 9.17) is 0 Å². The first-order valence-corrected chi connectivity index (χ1v) is 7.31. The number of hydrogen-bond donors (Lipinski definition) is 1. The molecule has 108 valence electrons. The summed E-state index contributed by atoms with van der Waals surface area (Å²) in [5.74, 6) is -0.686. The van der Waals surface area contributed by atoms with Crippen molar-refractivity contribution in [2.45, 2.75) is 31.1 Å². The van der Waals surface area contributed by atoms with Gasteiger partial charge in [-0.05, 0) is 50.9 Å². The molecule has 0 unspecified atom stereocenters. The van der Waals surface area contributed by atoms with E-state index < -0.39 is 11.4 Å². The lowest BCUT2D eigenvalue weighted by Gasteiger charge is -2.39. The Morgan fingerprint density at radius 2 is 1.95 bits per heavy atom. The first kappa shape index (κ1) is 14.8. The molecule has 1 aliphatic rings. The van der Waals surface area contributed by atoms with Crippen molar-refractivity contribution < 1.29 is 9.90 Å². The van der Waals surface area contributed by atoms with Crippen molar-refractivity contribution in [1.82, 2.24) is 4.90 Å². The van der Waals surface area contributed by atoms with Gasteiger partial charge < -0.3 is 10.0 Å². The second kappa shape index (κ2) is 6.71. The van der Waals surface area contributed by atoms with Gasteiger partial charge in [-0.2, -0.15) is 0 Å². The molecule has 1 fully saturated rings. The van der Waals surface area contributed by atoms with E-state index in [9.17, 15) is 9.90 Å². The number of carboxylic acids is 1. The SMILES string of the molecule is C=CCCCN1CCC(C(=O)O)(c2ccccc2)CC1. The largest absolute Gasteiger partial charge is 0.481 e. The molecule has 0 aromatic heterocycles. The van der Waals surface area contributed by atoms with Gasteiger partial charge in [0.2, 0.25) is 0 Å². The molecule has 1 heterocycles. The summed E-state index contributed by atoms with van der Waals surface area (Å²) in [5, 5.41) is 9.71. The Hall–Kier alpha value is -1.61. The number of carbonyl (C=O) groups is 1. The maximum atomic E-state index is 11.8. The van der Waals surface area contributed by atoms with Gasteiger partial charge >= 0.3 is 5.97 Å². The normalized spacial score (nSPS) is 18.6. The molecule has 0 bridgehead atoms. The fourth-order valence-electron chi connectivity index (χ4n) is 3.00. The van der Waals surface area contributed by atoms with Crippen LogP contribution in [0.2, 0.25) is 0 Å². The summed E-state index contributed by atoms with van der Waals surface area (Å²) in [4.78, 5) is 14.2. The van der Waals surface area contributed by atoms with Crippen LogP contribution in [-0.4, -0.2) is 35.6 Å². The number of benzene rings is 1. The quantitative estimate of drug-likeness (QED) is 0.639. The third-order valence-corrected chi connectivity index (χ3v) is 4.33. The smallest absolute Gasteiger partial charge is 0.314 e. The first-order valence-electron chi connectivity index (χ1n) is 7.31. The van der Waals surface area contributed by atoms with Gasteiger partial charge in [0.15, 0.2) is 0 Å². The van der Waals surface area contributed by atoms with Gasteiger partial charge in [-0.25, -0.2) is 0 Å². The second-order valence-electron chi connectivity index (χ2n) is 5.53. The highest BCUT2D eigenvalue weighted by Gasteiger charge is 2.42. The van der Waals surface area contributed by atoms with Gasteiger partial charge in [0.05, 0.1) is 5.41 Å². The number of piperidine rings is 1. The Morgan fingerprint density at radius 1 is 1.30 bits per heavy atom. The van der Waals surface area contributed by atoms with Crippen LogP contribution in [0.15, 0.2) is 43.0 Å². The number of carboxylic acid groups (broad SMARTS) is 1. The summed E-state index contributed by atoms with van der Waals surface area (Å²) in [6.45, 7) is 6.49. The molecule has 0 spiro atoms. The molecular formula is C17H23NO2. The molecule has 20 heavy (non-hydrogen) atoms. The zero-order chi connectivity index (χ0) is 14.4. The van der Waals surface area contributed by atoms with E-state index in [1.54, 1.807) is 0 Å². The van der Waals surface area contributed by atoms with Gasteiger partial charge in [0, 0.05) is 0 Å². The van der Waals surface area contributed by atoms with Crippen LogP contribution in [-0.2, 0) is 10.2 Å². The van der Waals surface area contributed by atoms with Crippen molar-refractivity contribution in [2.24, 2.45) is 0 Å². The van der Waals surface area contributed by atoms with Crippen LogP contribution in [0.1, 0.15) is 31.2 Å². The fourth-order valence-corrected chi connectivity index (χ4v) is 3.00. The summed E-state index contributed by atoms with van der Waals surface area (Å²) >= 11 is 0. The van der Waals surface area contributed by atoms with E-state index in [2.05, 4.69) is 11.5 Å². The van der Waals surface area contributed by atoms with Crippen LogP contribution < -0.4 is 0 Å². The van der Waals surface area contributed by atoms with Crippen molar-refractivity contribution in [3.63, 3.8) is 0 Å². The average molecular weight is 273 g/mol. The molecular weight excluding hydrogens is 250 g/mol. The number of rotatable bonds is 6. The third kappa shape index (κ3) is 3.10. The Balaban J connectivity index is 2.04. The van der Waals surface area contributed by atoms with E-state index in [0.29, 0.717) is 12.8 Å². The standard InChI is InChI=1S/C17H23NO2/c1-2-3-7-12-18-13-10-17(11-14-18,16(19)20)15-8-5-4-6-9-15/h2,4-6,8-9H,1,3,7,10-14H2,(H,19,20). The number of aliphatic carboxylic acids is 1. The van der Waals surface area contributed by atoms with Crippen LogP contribution >= 0.6 is 0 Å². The summed E-state index contributed by atoms with van der Waals surface area (Å²) in [5.41, 5.74) is 0.245. The van der Waals surface area contributed by atoms with Gasteiger partial charge in [-0.15, -0.1) is 6.58 Å². The molecule has 3 heteroatoms. The number of hydrogen-bond acceptors (Lipinski definition) is 2. The molecule has 0 saturated carbocycles. The maximum absolute atomic E-state index is 11.8. The van der Waals surface area contributed by atoms with Crippen molar-refractivity contribution in [2.75, 3.05) is 19.6 Å². The predicted octanol–water partition coefficient (Wildman–Crippen LogP) is 3.07. The molecule has 0 atom stereocenters. The van der Waals surface area contributed by atoms with Crippen molar-refractivity contribution in [3.8, 4) is 0 Å². The number of unbranched alkanes of at least 4 members (excludes halogenated alkanes) is 1. The minimum Gasteiger partial charge on any atom is -0.481 e. The van der Waals surface area contributed by atoms with Crippen molar-refractivity contribution in [1.29, 1.82) is 0 Å². The average Bonchev–Trinajstić information content (AvgIpc) is 2.49. The Labute approximate surface area is 120 Å². The Kier molecular flexibility index (Phi) is 4.96. The monoisotopic (exact) mass is 273 g/mol. The van der Waals surface area contributed by atoms with Gasteiger partial charge in [0.25, 0.3) is 0 Å². The number of allylic oxidation sites excluding steroid dienone is 1. The van der Waals surface area contributed by atoms with E-state index in [1.165, 1.54) is 0 Å². The van der Waals surface area contributed by atoms with Crippen molar-refractivity contribution >= 4 is 5.97 Å². The van der Waals surface area contributed by atoms with E-state index in [-0.39, 0.29) is 0 Å². The predicted molar refractivity (Wildman–Crippen MR) is 80.9 cm³/mol. The number of likely N-dealkylation sites (tertiary alicyclic amines) is 1. The fraction of sp³-hybridized carbons (Fsp3) is 0.471. The van der Waals surface area contributed by atoms with Crippen LogP contribution in [0.25, 0.3) is 0 Å². The minimum absolute atomic E-state index is 0.686. The second-order valence-corrected chi connectivity index (χ2v) is 5.53. The van der Waals surface area contributed by atoms with Crippen LogP contribution in [0.4, 0.5) is 0 Å². The van der Waals surface area contributed by atoms with E-state index in [1.807, 2.05) is 36.4 Å². The first-order chi connectivity index (χ1) is 9.69. The highest BCUT2D eigenvalue weighted by atomic mass is 16.4. The Morgan fingerprint density at radius 3 is 2.50 bits per heavy atom. The third-order valence-electron chi connectivity index (χ3n) is 4.33. The number of nitrogens with zero attached hydrogens (tertiary/aromatic N) is 1. The zero-order valence-corrected chi connectivity index (χ0v) is 11.9. The molecule has 2 rings (SSSR count). The van der Waals surface area contributed by atoms with Gasteiger partial charge in [-0.1, -0.05) is 36.4 Å². The van der Waals surface area contributed by atoms with Crippen LogP contribution in [0, 0.1) is 0 Å². The van der Waals surface area contributed by atoms with Crippen LogP contribution in [0.3, 0.4) is 0 Å². The molecule has 1 aromatic carbocycles. The van der Waals surface area contributed by atoms with E-state index >= 15 is 0 Å². The molecule has 1 aliphatic heterocycles. The van der Waals surface area contributed by atoms with Crippen molar-refractivity contribution in [3.05, 3.63) is 48.6 Å². The highest BCUT2D eigenvalue weighted by molar-refractivity contribution is 5.81. The van der Waals surface area contributed by atoms with Gasteiger partial charge in [-0.3, -0.25) is 4.79 Å². The summed E-state index contributed by atoms with van der Waals surface area (Å²) in [6, 6.07) is 9.68. The van der Waals surface area contributed by atoms with Crippen LogP contribution in [0.5, 0.6) is 0 Å². The lowest BCUT2D eigenvalue weighted by Crippen LogP contribution is -2.47. The zero-order valence-electron chi connectivity index (χ0n) is 11.9. The summed E-state index contributed by atoms with van der Waals surface area (Å²) < 4.78 is 0. The lowest BCUT2D eigenvalue weighted by molar-refractivity contribution is -0.146. The molecule has 1 N–H and O–H groups in total. The molecule has 0 amide bonds. The van der Waals surface area contributed by atoms with Gasteiger partial charge in [0.1, 0.15) is 0 Å². The molecule has 0 aliphatic carbocycles. The molecule has 1 saturated heterocycles. The van der Waals surface area contributed by atoms with E-state index in [0.717, 1.165) is 38.0 Å². The molecule has 3 nitrogen and oxygen atoms in total. The lowest BCUT2D eigenvalue weighted by atomic mass is 9.73. The topological polar surface area (TPSA) is 40.5 Å². The maximum Gasteiger partial charge on any atom is 0.314 e. The Bertz CT molecular complexity index is 447. The highest BCUT2D eigenvalue weighted by Crippen LogP contribution is 2.35. The summed E-state index contributed by atoms with van der Waals surface area (Å²) in [6.07, 6.45) is 5.46. The molecule has 0 radical (unpaired) electrons. The summed E-state index contributed by atoms with van der Waals surface area (Å²) in [7, 11) is 0. The molecule has 1 aromatic rings. The minimum atomic E-state index is -0.698.